The summed E-state index contributed by atoms with van der Waals surface area (Å²) in [6.07, 6.45) is 1.64. The number of fused-ring (bicyclic) bond motifs is 1. The molecule has 0 saturated carbocycles. The second-order valence-corrected chi connectivity index (χ2v) is 5.05. The number of nitro groups is 1. The molecule has 0 saturated heterocycles. The van der Waals surface area contributed by atoms with Crippen molar-refractivity contribution in [2.75, 3.05) is 12.5 Å². The highest BCUT2D eigenvalue weighted by Gasteiger charge is 2.11. The summed E-state index contributed by atoms with van der Waals surface area (Å²) in [6.45, 7) is 0. The predicted octanol–water partition coefficient (Wildman–Crippen LogP) is 4.20. The summed E-state index contributed by atoms with van der Waals surface area (Å²) in [5.74, 6) is 0.786. The monoisotopic (exact) mass is 321 g/mol. The minimum atomic E-state index is -0.444. The molecule has 3 aromatic carbocycles. The first-order valence-corrected chi connectivity index (χ1v) is 7.29. The molecule has 6 heteroatoms. The Bertz CT molecular complexity index is 922. The number of hydrazone groups is 1. The van der Waals surface area contributed by atoms with Crippen LogP contribution in [0.1, 0.15) is 5.56 Å². The van der Waals surface area contributed by atoms with Crippen molar-refractivity contribution in [2.45, 2.75) is 0 Å². The Morgan fingerprint density at radius 2 is 1.75 bits per heavy atom. The van der Waals surface area contributed by atoms with E-state index in [-0.39, 0.29) is 5.69 Å². The molecule has 1 N–H and O–H groups in total. The molecule has 3 aromatic rings. The van der Waals surface area contributed by atoms with Gasteiger partial charge < -0.3 is 4.74 Å². The highest BCUT2D eigenvalue weighted by Crippen LogP contribution is 2.28. The van der Waals surface area contributed by atoms with Crippen LogP contribution in [-0.4, -0.2) is 18.2 Å². The summed E-state index contributed by atoms with van der Waals surface area (Å²) in [6, 6.07) is 18.0. The normalized spacial score (nSPS) is 10.9. The Morgan fingerprint density at radius 3 is 2.50 bits per heavy atom. The van der Waals surface area contributed by atoms with Crippen molar-refractivity contribution in [2.24, 2.45) is 5.10 Å². The minimum Gasteiger partial charge on any atom is -0.496 e. The van der Waals surface area contributed by atoms with E-state index in [1.807, 2.05) is 36.4 Å². The average molecular weight is 321 g/mol. The van der Waals surface area contributed by atoms with E-state index in [9.17, 15) is 10.1 Å². The van der Waals surface area contributed by atoms with Crippen molar-refractivity contribution in [3.05, 3.63) is 76.3 Å². The molecule has 0 aliphatic rings. The lowest BCUT2D eigenvalue weighted by Gasteiger charge is -2.07. The highest BCUT2D eigenvalue weighted by atomic mass is 16.6. The van der Waals surface area contributed by atoms with Crippen molar-refractivity contribution >= 4 is 28.4 Å². The van der Waals surface area contributed by atoms with Crippen LogP contribution in [0.4, 0.5) is 11.4 Å². The summed E-state index contributed by atoms with van der Waals surface area (Å²) in [4.78, 5) is 10.6. The van der Waals surface area contributed by atoms with E-state index in [1.165, 1.54) is 6.07 Å². The third kappa shape index (κ3) is 3.03. The van der Waals surface area contributed by atoms with Crippen LogP contribution in [0.3, 0.4) is 0 Å². The Labute approximate surface area is 138 Å². The Morgan fingerprint density at radius 1 is 1.04 bits per heavy atom. The Balaban J connectivity index is 1.91. The maximum atomic E-state index is 11.0. The quantitative estimate of drug-likeness (QED) is 0.434. The average Bonchev–Trinajstić information content (AvgIpc) is 2.62. The van der Waals surface area contributed by atoms with E-state index in [0.29, 0.717) is 5.69 Å². The van der Waals surface area contributed by atoms with Gasteiger partial charge in [0.05, 0.1) is 18.2 Å². The number of nitrogens with one attached hydrogen (secondary N) is 1. The van der Waals surface area contributed by atoms with Crippen LogP contribution in [-0.2, 0) is 0 Å². The number of methoxy groups -OCH3 is 1. The molecular weight excluding hydrogens is 306 g/mol. The van der Waals surface area contributed by atoms with Gasteiger partial charge in [-0.15, -0.1) is 0 Å². The van der Waals surface area contributed by atoms with Crippen LogP contribution in [0.25, 0.3) is 10.8 Å². The Kier molecular flexibility index (Phi) is 4.38. The molecule has 0 atom stereocenters. The number of hydrogen-bond acceptors (Lipinski definition) is 5. The van der Waals surface area contributed by atoms with Gasteiger partial charge in [-0.05, 0) is 23.6 Å². The second kappa shape index (κ2) is 6.78. The van der Waals surface area contributed by atoms with E-state index >= 15 is 0 Å². The first-order chi connectivity index (χ1) is 11.7. The summed E-state index contributed by atoms with van der Waals surface area (Å²) in [7, 11) is 1.63. The third-order valence-electron chi connectivity index (χ3n) is 3.63. The fraction of sp³-hybridized carbons (Fsp3) is 0.0556. The summed E-state index contributed by atoms with van der Waals surface area (Å²) in [5, 5.41) is 17.1. The fourth-order valence-corrected chi connectivity index (χ4v) is 2.48. The van der Waals surface area contributed by atoms with Gasteiger partial charge in [-0.25, -0.2) is 0 Å². The third-order valence-corrected chi connectivity index (χ3v) is 3.63. The van der Waals surface area contributed by atoms with Gasteiger partial charge in [0.1, 0.15) is 11.4 Å². The van der Waals surface area contributed by atoms with Gasteiger partial charge in [0.25, 0.3) is 5.69 Å². The Hall–Kier alpha value is -3.41. The summed E-state index contributed by atoms with van der Waals surface area (Å²) >= 11 is 0. The standard InChI is InChI=1S/C18H15N3O3/c1-24-18-11-10-13(14-6-2-3-7-15(14)18)12-19-20-16-8-4-5-9-17(16)21(22)23/h2-12,20H,1H3/b19-12+. The van der Waals surface area contributed by atoms with Crippen molar-refractivity contribution < 1.29 is 9.66 Å². The molecule has 0 aliphatic carbocycles. The molecule has 120 valence electrons. The minimum absolute atomic E-state index is 0.0192. The van der Waals surface area contributed by atoms with Gasteiger partial charge in [-0.2, -0.15) is 5.10 Å². The lowest BCUT2D eigenvalue weighted by Crippen LogP contribution is -1.97. The number of anilines is 1. The molecule has 6 nitrogen and oxygen atoms in total. The van der Waals surface area contributed by atoms with Crippen molar-refractivity contribution in [1.82, 2.24) is 0 Å². The molecule has 0 bridgehead atoms. The molecule has 0 amide bonds. The largest absolute Gasteiger partial charge is 0.496 e. The number of nitro benzene ring substituents is 1. The summed E-state index contributed by atoms with van der Waals surface area (Å²) in [5.41, 5.74) is 3.94. The van der Waals surface area contributed by atoms with Crippen molar-refractivity contribution in [1.29, 1.82) is 0 Å². The van der Waals surface area contributed by atoms with Crippen LogP contribution < -0.4 is 10.2 Å². The molecular formula is C18H15N3O3. The van der Waals surface area contributed by atoms with Gasteiger partial charge in [-0.3, -0.25) is 15.5 Å². The van der Waals surface area contributed by atoms with Gasteiger partial charge in [0, 0.05) is 17.0 Å². The highest BCUT2D eigenvalue weighted by molar-refractivity contribution is 6.02. The molecule has 0 radical (unpaired) electrons. The van der Waals surface area contributed by atoms with Crippen molar-refractivity contribution in [3.63, 3.8) is 0 Å². The van der Waals surface area contributed by atoms with E-state index < -0.39 is 4.92 Å². The summed E-state index contributed by atoms with van der Waals surface area (Å²) < 4.78 is 5.36. The number of para-hydroxylation sites is 2. The molecule has 0 spiro atoms. The maximum Gasteiger partial charge on any atom is 0.294 e. The molecule has 0 fully saturated rings. The molecule has 0 aromatic heterocycles. The first-order valence-electron chi connectivity index (χ1n) is 7.29. The predicted molar refractivity (Wildman–Crippen MR) is 94.8 cm³/mol. The lowest BCUT2D eigenvalue weighted by atomic mass is 10.0. The number of benzene rings is 3. The number of ether oxygens (including phenoxy) is 1. The molecule has 0 aliphatic heterocycles. The van der Waals surface area contributed by atoms with Gasteiger partial charge >= 0.3 is 0 Å². The van der Waals surface area contributed by atoms with E-state index in [1.54, 1.807) is 31.5 Å². The van der Waals surface area contributed by atoms with Crippen molar-refractivity contribution in [3.8, 4) is 5.75 Å². The SMILES string of the molecule is COc1ccc(/C=N/Nc2ccccc2[N+](=O)[O-])c2ccccc12. The number of rotatable bonds is 5. The molecule has 0 unspecified atom stereocenters. The smallest absolute Gasteiger partial charge is 0.294 e. The van der Waals surface area contributed by atoms with Crippen LogP contribution in [0.2, 0.25) is 0 Å². The zero-order valence-corrected chi connectivity index (χ0v) is 13.0. The zero-order valence-electron chi connectivity index (χ0n) is 13.0. The zero-order chi connectivity index (χ0) is 16.9. The topological polar surface area (TPSA) is 76.8 Å². The maximum absolute atomic E-state index is 11.0. The number of hydrogen-bond donors (Lipinski definition) is 1. The van der Waals surface area contributed by atoms with Gasteiger partial charge in [0.2, 0.25) is 0 Å². The van der Waals surface area contributed by atoms with Gasteiger partial charge in [0.15, 0.2) is 0 Å². The lowest BCUT2D eigenvalue weighted by molar-refractivity contribution is -0.384. The van der Waals surface area contributed by atoms with Gasteiger partial charge in [-0.1, -0.05) is 36.4 Å². The molecule has 24 heavy (non-hydrogen) atoms. The first kappa shape index (κ1) is 15.5. The fourth-order valence-electron chi connectivity index (χ4n) is 2.48. The van der Waals surface area contributed by atoms with E-state index in [4.69, 9.17) is 4.74 Å². The number of nitrogens with zero attached hydrogens (tertiary/aromatic N) is 2. The van der Waals surface area contributed by atoms with Crippen LogP contribution >= 0.6 is 0 Å². The van der Waals surface area contributed by atoms with E-state index in [2.05, 4.69) is 10.5 Å². The second-order valence-electron chi connectivity index (χ2n) is 5.05. The van der Waals surface area contributed by atoms with Crippen LogP contribution in [0, 0.1) is 10.1 Å². The van der Waals surface area contributed by atoms with Crippen LogP contribution in [0.5, 0.6) is 5.75 Å². The molecule has 3 rings (SSSR count). The van der Waals surface area contributed by atoms with Crippen LogP contribution in [0.15, 0.2) is 65.8 Å². The van der Waals surface area contributed by atoms with E-state index in [0.717, 1.165) is 22.1 Å². The molecule has 0 heterocycles.